The van der Waals surface area contributed by atoms with Gasteiger partial charge in [-0.15, -0.1) is 0 Å². The van der Waals surface area contributed by atoms with Gasteiger partial charge in [0.15, 0.2) is 0 Å². The molecule has 4 aliphatic carbocycles. The minimum atomic E-state index is -5.16. The molecule has 0 spiro atoms. The van der Waals surface area contributed by atoms with E-state index in [0.717, 1.165) is 44.9 Å². The first kappa shape index (κ1) is 32.2. The van der Waals surface area contributed by atoms with E-state index in [-0.39, 0.29) is 36.0 Å². The normalized spacial score (nSPS) is 37.9. The van der Waals surface area contributed by atoms with E-state index in [4.69, 9.17) is 9.47 Å². The molecule has 0 aromatic heterocycles. The topological polar surface area (TPSA) is 52.6 Å². The molecular formula is C31H44F6O4. The third-order valence-corrected chi connectivity index (χ3v) is 11.2. The number of rotatable bonds is 7. The van der Waals surface area contributed by atoms with Crippen LogP contribution in [0.2, 0.25) is 0 Å². The van der Waals surface area contributed by atoms with Gasteiger partial charge in [-0.05, 0) is 85.0 Å². The fourth-order valence-electron chi connectivity index (χ4n) is 9.24. The second kappa shape index (κ2) is 11.4. The zero-order valence-electron chi connectivity index (χ0n) is 24.7. The molecule has 3 saturated carbocycles. The zero-order chi connectivity index (χ0) is 30.5. The van der Waals surface area contributed by atoms with Crippen LogP contribution in [0.15, 0.2) is 11.6 Å². The Morgan fingerprint density at radius 1 is 0.878 bits per heavy atom. The Balaban J connectivity index is 1.63. The van der Waals surface area contributed by atoms with E-state index in [2.05, 4.69) is 27.7 Å². The summed E-state index contributed by atoms with van der Waals surface area (Å²) in [6.45, 7) is 11.0. The molecule has 0 amide bonds. The lowest BCUT2D eigenvalue weighted by molar-refractivity contribution is -0.212. The average molecular weight is 595 g/mol. The molecule has 0 N–H and O–H groups in total. The molecule has 4 nitrogen and oxygen atoms in total. The molecule has 0 aromatic rings. The predicted molar refractivity (Wildman–Crippen MR) is 140 cm³/mol. The molecule has 234 valence electrons. The van der Waals surface area contributed by atoms with Crippen molar-refractivity contribution in [3.63, 3.8) is 0 Å². The monoisotopic (exact) mass is 594 g/mol. The van der Waals surface area contributed by atoms with Crippen molar-refractivity contribution >= 4 is 11.9 Å². The lowest BCUT2D eigenvalue weighted by atomic mass is 9.46. The van der Waals surface area contributed by atoms with Crippen LogP contribution in [0.1, 0.15) is 98.8 Å². The van der Waals surface area contributed by atoms with Crippen molar-refractivity contribution < 1.29 is 45.4 Å². The number of ether oxygens (including phenoxy) is 2. The summed E-state index contributed by atoms with van der Waals surface area (Å²) in [6.07, 6.45) is -3.33. The number of alkyl halides is 6. The largest absolute Gasteiger partial charge is 0.490 e. The van der Waals surface area contributed by atoms with Crippen LogP contribution in [0.3, 0.4) is 0 Å². The first-order valence-electron chi connectivity index (χ1n) is 15.1. The predicted octanol–water partition coefficient (Wildman–Crippen LogP) is 8.59. The van der Waals surface area contributed by atoms with E-state index in [9.17, 15) is 35.9 Å². The summed E-state index contributed by atoms with van der Waals surface area (Å²) in [7, 11) is 0. The molecule has 0 heterocycles. The van der Waals surface area contributed by atoms with Crippen molar-refractivity contribution in [2.75, 3.05) is 0 Å². The lowest BCUT2D eigenvalue weighted by Gasteiger charge is -2.59. The van der Waals surface area contributed by atoms with Crippen LogP contribution in [0, 0.1) is 46.3 Å². The Hall–Kier alpha value is -1.74. The molecule has 0 aromatic carbocycles. The number of hydrogen-bond donors (Lipinski definition) is 0. The third kappa shape index (κ3) is 6.31. The van der Waals surface area contributed by atoms with Crippen LogP contribution in [-0.4, -0.2) is 36.5 Å². The van der Waals surface area contributed by atoms with Gasteiger partial charge in [0.05, 0.1) is 0 Å². The molecule has 4 rings (SSSR count). The Morgan fingerprint density at radius 3 is 2.12 bits per heavy atom. The van der Waals surface area contributed by atoms with Gasteiger partial charge in [0.2, 0.25) is 0 Å². The van der Waals surface area contributed by atoms with Crippen molar-refractivity contribution in [2.45, 2.75) is 123 Å². The molecule has 0 aliphatic heterocycles. The van der Waals surface area contributed by atoms with Crippen LogP contribution in [0.4, 0.5) is 26.3 Å². The van der Waals surface area contributed by atoms with Crippen molar-refractivity contribution in [3.8, 4) is 0 Å². The summed E-state index contributed by atoms with van der Waals surface area (Å²) < 4.78 is 88.6. The van der Waals surface area contributed by atoms with Gasteiger partial charge in [0, 0.05) is 12.3 Å². The summed E-state index contributed by atoms with van der Waals surface area (Å²) >= 11 is 0. The van der Waals surface area contributed by atoms with Crippen LogP contribution >= 0.6 is 0 Å². The lowest BCUT2D eigenvalue weighted by Crippen LogP contribution is -2.56. The second-order valence-electron chi connectivity index (χ2n) is 14.1. The minimum absolute atomic E-state index is 0.0148. The SMILES string of the molecule is CC(C)CCC[C@@H](C)[C@H]1CC[C@H]2[C@@H]3[C@H](OC(=O)C(F)(F)F)C=C4C[C@@H](OC(=O)C(F)(F)F)CC[C@]4(C)[C@H]3CC[C@]12C. The highest BCUT2D eigenvalue weighted by molar-refractivity contribution is 5.76. The van der Waals surface area contributed by atoms with E-state index < -0.39 is 41.9 Å². The van der Waals surface area contributed by atoms with Gasteiger partial charge in [0.1, 0.15) is 12.2 Å². The molecular weight excluding hydrogens is 550 g/mol. The standard InChI is InChI=1S/C31H44F6O4/c1-17(2)7-6-8-18(3)21-9-10-22-25-23(12-14-29(21,22)5)28(4)13-11-20(40-26(38)30(32,33)34)15-19(28)16-24(25)41-27(39)31(35,36)37/h16-18,20-25H,6-15H2,1-5H3/t18-,20+,21-,22+,23+,24-,25+,28+,29-/m1/s1. The van der Waals surface area contributed by atoms with Gasteiger partial charge >= 0.3 is 24.3 Å². The molecule has 0 saturated heterocycles. The van der Waals surface area contributed by atoms with Crippen molar-refractivity contribution in [1.82, 2.24) is 0 Å². The smallest absolute Gasteiger partial charge is 0.455 e. The Bertz CT molecular complexity index is 1020. The van der Waals surface area contributed by atoms with E-state index in [1.165, 1.54) is 0 Å². The number of hydrogen-bond acceptors (Lipinski definition) is 4. The highest BCUT2D eigenvalue weighted by Gasteiger charge is 2.62. The summed E-state index contributed by atoms with van der Waals surface area (Å²) in [5, 5.41) is 0. The first-order valence-corrected chi connectivity index (χ1v) is 15.1. The molecule has 0 unspecified atom stereocenters. The summed E-state index contributed by atoms with van der Waals surface area (Å²) in [6, 6.07) is 0. The summed E-state index contributed by atoms with van der Waals surface area (Å²) in [5.74, 6) is -3.31. The highest BCUT2D eigenvalue weighted by Crippen LogP contribution is 2.67. The minimum Gasteiger partial charge on any atom is -0.455 e. The Labute approximate surface area is 239 Å². The number of esters is 2. The van der Waals surface area contributed by atoms with Crippen LogP contribution in [-0.2, 0) is 19.1 Å². The van der Waals surface area contributed by atoms with E-state index in [0.29, 0.717) is 29.7 Å². The Morgan fingerprint density at radius 2 is 1.51 bits per heavy atom. The maximum absolute atomic E-state index is 13.4. The fraction of sp³-hybridized carbons (Fsp3) is 0.871. The number of fused-ring (bicyclic) bond motifs is 5. The van der Waals surface area contributed by atoms with E-state index in [1.54, 1.807) is 6.08 Å². The highest BCUT2D eigenvalue weighted by atomic mass is 19.4. The van der Waals surface area contributed by atoms with Gasteiger partial charge in [0.25, 0.3) is 0 Å². The fourth-order valence-corrected chi connectivity index (χ4v) is 9.24. The first-order chi connectivity index (χ1) is 18.9. The van der Waals surface area contributed by atoms with Gasteiger partial charge in [-0.3, -0.25) is 0 Å². The van der Waals surface area contributed by atoms with Gasteiger partial charge in [-0.25, -0.2) is 9.59 Å². The number of carbonyl (C=O) groups excluding carboxylic acids is 2. The molecule has 10 heteroatoms. The van der Waals surface area contributed by atoms with Crippen LogP contribution in [0.5, 0.6) is 0 Å². The molecule has 4 aliphatic rings. The molecule has 9 atom stereocenters. The molecule has 41 heavy (non-hydrogen) atoms. The second-order valence-corrected chi connectivity index (χ2v) is 14.1. The average Bonchev–Trinajstić information content (AvgIpc) is 3.20. The van der Waals surface area contributed by atoms with E-state index >= 15 is 0 Å². The summed E-state index contributed by atoms with van der Waals surface area (Å²) in [5.41, 5.74) is 0.0580. The van der Waals surface area contributed by atoms with Crippen molar-refractivity contribution in [1.29, 1.82) is 0 Å². The number of halogens is 6. The summed E-state index contributed by atoms with van der Waals surface area (Å²) in [4.78, 5) is 23.6. The van der Waals surface area contributed by atoms with Crippen LogP contribution in [0.25, 0.3) is 0 Å². The third-order valence-electron chi connectivity index (χ3n) is 11.2. The van der Waals surface area contributed by atoms with Gasteiger partial charge < -0.3 is 9.47 Å². The maximum atomic E-state index is 13.4. The maximum Gasteiger partial charge on any atom is 0.490 e. The Kier molecular flexibility index (Phi) is 8.95. The molecule has 0 bridgehead atoms. The number of carbonyl (C=O) groups is 2. The molecule has 0 radical (unpaired) electrons. The van der Waals surface area contributed by atoms with Gasteiger partial charge in [-0.1, -0.05) is 59.5 Å². The molecule has 3 fully saturated rings. The quantitative estimate of drug-likeness (QED) is 0.168. The van der Waals surface area contributed by atoms with E-state index in [1.807, 2.05) is 6.92 Å². The van der Waals surface area contributed by atoms with Crippen LogP contribution < -0.4 is 0 Å². The van der Waals surface area contributed by atoms with Gasteiger partial charge in [-0.2, -0.15) is 26.3 Å². The zero-order valence-corrected chi connectivity index (χ0v) is 24.7. The van der Waals surface area contributed by atoms with Crippen molar-refractivity contribution in [2.24, 2.45) is 46.3 Å². The van der Waals surface area contributed by atoms with Crippen molar-refractivity contribution in [3.05, 3.63) is 11.6 Å².